The zero-order chi connectivity index (χ0) is 10.6. The zero-order valence-electron chi connectivity index (χ0n) is 8.21. The molecule has 0 saturated carbocycles. The fourth-order valence-electron chi connectivity index (χ4n) is 0.973. The number of carbonyl (C=O) groups excluding carboxylic acids is 1. The number of amides is 1. The van der Waals surface area contributed by atoms with Gasteiger partial charge in [-0.1, -0.05) is 22.9 Å². The minimum Gasteiger partial charge on any atom is -0.348 e. The van der Waals surface area contributed by atoms with Gasteiger partial charge >= 0.3 is 0 Å². The lowest BCUT2D eigenvalue weighted by Gasteiger charge is -2.12. The number of aromatic nitrogens is 1. The molecule has 1 heterocycles. The second kappa shape index (κ2) is 5.46. The lowest BCUT2D eigenvalue weighted by atomic mass is 10.2. The highest BCUT2D eigenvalue weighted by Gasteiger charge is 2.12. The summed E-state index contributed by atoms with van der Waals surface area (Å²) in [6, 6.07) is 0.199. The lowest BCUT2D eigenvalue weighted by molar-refractivity contribution is 0.0944. The smallest absolute Gasteiger partial charge is 0.263 e. The van der Waals surface area contributed by atoms with Gasteiger partial charge < -0.3 is 5.32 Å². The van der Waals surface area contributed by atoms with Crippen molar-refractivity contribution in [3.63, 3.8) is 0 Å². The molecule has 3 nitrogen and oxygen atoms in total. The van der Waals surface area contributed by atoms with E-state index < -0.39 is 0 Å². The summed E-state index contributed by atoms with van der Waals surface area (Å²) in [5, 5.41) is 4.63. The molecule has 1 aromatic heterocycles. The average Bonchev–Trinajstić information content (AvgIpc) is 2.61. The van der Waals surface area contributed by atoms with E-state index in [0.717, 1.165) is 16.8 Å². The van der Waals surface area contributed by atoms with Crippen molar-refractivity contribution in [1.29, 1.82) is 0 Å². The van der Waals surface area contributed by atoms with Crippen molar-refractivity contribution in [2.45, 2.75) is 26.3 Å². The molecule has 0 spiro atoms. The van der Waals surface area contributed by atoms with Gasteiger partial charge in [0.1, 0.15) is 4.88 Å². The molecule has 0 saturated heterocycles. The molecule has 1 aromatic rings. The number of thiazole rings is 1. The average molecular weight is 277 g/mol. The Labute approximate surface area is 96.1 Å². The fraction of sp³-hybridized carbons (Fsp3) is 0.556. The highest BCUT2D eigenvalue weighted by atomic mass is 79.9. The maximum Gasteiger partial charge on any atom is 0.263 e. The van der Waals surface area contributed by atoms with Crippen LogP contribution in [0.1, 0.15) is 28.0 Å². The molecular formula is C9H13BrN2OS. The summed E-state index contributed by atoms with van der Waals surface area (Å²) >= 11 is 4.78. The summed E-state index contributed by atoms with van der Waals surface area (Å²) in [6.07, 6.45) is 2.55. The largest absolute Gasteiger partial charge is 0.348 e. The quantitative estimate of drug-likeness (QED) is 0.858. The van der Waals surface area contributed by atoms with Gasteiger partial charge in [0.15, 0.2) is 0 Å². The molecule has 14 heavy (non-hydrogen) atoms. The Morgan fingerprint density at radius 1 is 1.79 bits per heavy atom. The van der Waals surface area contributed by atoms with Gasteiger partial charge in [-0.3, -0.25) is 4.79 Å². The van der Waals surface area contributed by atoms with Crippen LogP contribution in [0.15, 0.2) is 6.20 Å². The first-order valence-corrected chi connectivity index (χ1v) is 6.40. The van der Waals surface area contributed by atoms with E-state index in [4.69, 9.17) is 0 Å². The van der Waals surface area contributed by atoms with Gasteiger partial charge in [0.25, 0.3) is 5.91 Å². The van der Waals surface area contributed by atoms with Crippen molar-refractivity contribution in [1.82, 2.24) is 10.3 Å². The van der Waals surface area contributed by atoms with Crippen molar-refractivity contribution in [3.8, 4) is 0 Å². The summed E-state index contributed by atoms with van der Waals surface area (Å²) in [4.78, 5) is 16.3. The summed E-state index contributed by atoms with van der Waals surface area (Å²) in [7, 11) is 0. The highest BCUT2D eigenvalue weighted by molar-refractivity contribution is 9.09. The van der Waals surface area contributed by atoms with Gasteiger partial charge in [-0.15, -0.1) is 11.3 Å². The van der Waals surface area contributed by atoms with E-state index in [0.29, 0.717) is 4.88 Å². The van der Waals surface area contributed by atoms with E-state index >= 15 is 0 Å². The molecule has 0 bridgehead atoms. The van der Waals surface area contributed by atoms with Crippen LogP contribution < -0.4 is 5.32 Å². The molecule has 0 aliphatic carbocycles. The molecular weight excluding hydrogens is 264 g/mol. The van der Waals surface area contributed by atoms with Crippen molar-refractivity contribution in [3.05, 3.63) is 16.1 Å². The highest BCUT2D eigenvalue weighted by Crippen LogP contribution is 2.11. The van der Waals surface area contributed by atoms with Gasteiger partial charge in [-0.2, -0.15) is 0 Å². The van der Waals surface area contributed by atoms with E-state index in [1.165, 1.54) is 11.3 Å². The third-order valence-corrected chi connectivity index (χ3v) is 3.55. The van der Waals surface area contributed by atoms with Gasteiger partial charge in [-0.25, -0.2) is 4.98 Å². The van der Waals surface area contributed by atoms with Crippen molar-refractivity contribution in [2.24, 2.45) is 0 Å². The summed E-state index contributed by atoms with van der Waals surface area (Å²) in [5.74, 6) is -0.0260. The second-order valence-electron chi connectivity index (χ2n) is 2.98. The minimum atomic E-state index is -0.0260. The van der Waals surface area contributed by atoms with E-state index in [2.05, 4.69) is 26.2 Å². The normalized spacial score (nSPS) is 12.5. The van der Waals surface area contributed by atoms with E-state index in [-0.39, 0.29) is 11.9 Å². The van der Waals surface area contributed by atoms with Crippen LogP contribution in [0.25, 0.3) is 0 Å². The number of halogens is 1. The summed E-state index contributed by atoms with van der Waals surface area (Å²) < 4.78 is 0. The Morgan fingerprint density at radius 2 is 2.50 bits per heavy atom. The Kier molecular flexibility index (Phi) is 4.54. The number of alkyl halides is 1. The Balaban J connectivity index is 2.58. The predicted molar refractivity (Wildman–Crippen MR) is 62.2 cm³/mol. The molecule has 0 aromatic carbocycles. The zero-order valence-corrected chi connectivity index (χ0v) is 10.6. The second-order valence-corrected chi connectivity index (χ2v) is 4.86. The SMILES string of the molecule is CCC(CBr)NC(=O)c1cnc(C)s1. The van der Waals surface area contributed by atoms with Crippen molar-refractivity contribution in [2.75, 3.05) is 5.33 Å². The number of hydrogen-bond acceptors (Lipinski definition) is 3. The molecule has 0 aliphatic heterocycles. The molecule has 78 valence electrons. The molecule has 1 N–H and O–H groups in total. The maximum atomic E-state index is 11.6. The van der Waals surface area contributed by atoms with Crippen LogP contribution >= 0.6 is 27.3 Å². The third-order valence-electron chi connectivity index (χ3n) is 1.86. The molecule has 1 atom stereocenters. The van der Waals surface area contributed by atoms with Crippen LogP contribution in [0.2, 0.25) is 0 Å². The number of rotatable bonds is 4. The summed E-state index contributed by atoms with van der Waals surface area (Å²) in [5.41, 5.74) is 0. The molecule has 5 heteroatoms. The fourth-order valence-corrected chi connectivity index (χ4v) is 2.27. The first-order chi connectivity index (χ1) is 6.67. The molecule has 0 fully saturated rings. The van der Waals surface area contributed by atoms with Crippen LogP contribution in [0, 0.1) is 6.92 Å². The number of aryl methyl sites for hydroxylation is 1. The number of nitrogens with one attached hydrogen (secondary N) is 1. The van der Waals surface area contributed by atoms with Crippen LogP contribution in [-0.2, 0) is 0 Å². The van der Waals surface area contributed by atoms with Crippen LogP contribution in [-0.4, -0.2) is 22.3 Å². The van der Waals surface area contributed by atoms with Crippen LogP contribution in [0.3, 0.4) is 0 Å². The summed E-state index contributed by atoms with van der Waals surface area (Å²) in [6.45, 7) is 3.94. The van der Waals surface area contributed by atoms with E-state index in [1.807, 2.05) is 13.8 Å². The van der Waals surface area contributed by atoms with E-state index in [1.54, 1.807) is 6.20 Å². The standard InChI is InChI=1S/C9H13BrN2OS/c1-3-7(4-10)12-9(13)8-5-11-6(2)14-8/h5,7H,3-4H2,1-2H3,(H,12,13). The van der Waals surface area contributed by atoms with Gasteiger partial charge in [0, 0.05) is 11.4 Å². The van der Waals surface area contributed by atoms with Crippen LogP contribution in [0.4, 0.5) is 0 Å². The first-order valence-electron chi connectivity index (χ1n) is 4.46. The van der Waals surface area contributed by atoms with Gasteiger partial charge in [-0.05, 0) is 13.3 Å². The van der Waals surface area contributed by atoms with Gasteiger partial charge in [0.05, 0.1) is 11.2 Å². The molecule has 1 amide bonds. The Morgan fingerprint density at radius 3 is 2.93 bits per heavy atom. The predicted octanol–water partition coefficient (Wildman–Crippen LogP) is 2.35. The number of hydrogen-bond donors (Lipinski definition) is 1. The van der Waals surface area contributed by atoms with E-state index in [9.17, 15) is 4.79 Å². The first kappa shape index (κ1) is 11.7. The lowest BCUT2D eigenvalue weighted by Crippen LogP contribution is -2.35. The molecule has 0 radical (unpaired) electrons. The molecule has 0 aliphatic rings. The number of nitrogens with zero attached hydrogens (tertiary/aromatic N) is 1. The maximum absolute atomic E-state index is 11.6. The Bertz CT molecular complexity index is 310. The molecule has 1 rings (SSSR count). The third kappa shape index (κ3) is 3.06. The Hall–Kier alpha value is -0.420. The number of carbonyl (C=O) groups is 1. The minimum absolute atomic E-state index is 0.0260. The van der Waals surface area contributed by atoms with Crippen LogP contribution in [0.5, 0.6) is 0 Å². The van der Waals surface area contributed by atoms with Gasteiger partial charge in [0.2, 0.25) is 0 Å². The monoisotopic (exact) mass is 276 g/mol. The van der Waals surface area contributed by atoms with Crippen molar-refractivity contribution >= 4 is 33.2 Å². The van der Waals surface area contributed by atoms with Crippen molar-refractivity contribution < 1.29 is 4.79 Å². The topological polar surface area (TPSA) is 42.0 Å². The molecule has 1 unspecified atom stereocenters.